The lowest BCUT2D eigenvalue weighted by Gasteiger charge is -2.12. The van der Waals surface area contributed by atoms with E-state index in [9.17, 15) is 0 Å². The molecular weight excluding hydrogens is 258 g/mol. The Morgan fingerprint density at radius 3 is 2.38 bits per heavy atom. The van der Waals surface area contributed by atoms with Gasteiger partial charge in [0.1, 0.15) is 0 Å². The lowest BCUT2D eigenvalue weighted by Crippen LogP contribution is -2.13. The van der Waals surface area contributed by atoms with Crippen molar-refractivity contribution >= 4 is 10.9 Å². The van der Waals surface area contributed by atoms with Gasteiger partial charge in [-0.1, -0.05) is 48.5 Å². The molecule has 2 aromatic carbocycles. The maximum atomic E-state index is 6.50. The minimum atomic E-state index is 0.0408. The van der Waals surface area contributed by atoms with E-state index in [-0.39, 0.29) is 6.04 Å². The van der Waals surface area contributed by atoms with Crippen molar-refractivity contribution in [1.82, 2.24) is 4.98 Å². The maximum absolute atomic E-state index is 6.50. The van der Waals surface area contributed by atoms with E-state index >= 15 is 0 Å². The van der Waals surface area contributed by atoms with Gasteiger partial charge in [0, 0.05) is 29.2 Å². The van der Waals surface area contributed by atoms with Crippen molar-refractivity contribution in [2.45, 2.75) is 19.4 Å². The average Bonchev–Trinajstić information content (AvgIpc) is 2.86. The molecule has 0 spiro atoms. The zero-order chi connectivity index (χ0) is 15.2. The van der Waals surface area contributed by atoms with Crippen LogP contribution < -0.4 is 5.73 Å². The van der Waals surface area contributed by atoms with Gasteiger partial charge in [0.25, 0.3) is 0 Å². The summed E-state index contributed by atoms with van der Waals surface area (Å²) in [6.07, 6.45) is 0.861. The molecule has 0 aliphatic heterocycles. The van der Waals surface area contributed by atoms with E-state index in [1.165, 1.54) is 27.7 Å². The fourth-order valence-electron chi connectivity index (χ4n) is 2.64. The first-order valence-electron chi connectivity index (χ1n) is 6.88. The molecule has 1 unspecified atom stereocenters. The topological polar surface area (TPSA) is 65.6 Å². The number of rotatable bonds is 3. The number of aromatic nitrogens is 1. The van der Waals surface area contributed by atoms with Crippen molar-refractivity contribution < 1.29 is 0 Å². The number of nitrogens with two attached hydrogens (primary N) is 1. The van der Waals surface area contributed by atoms with Crippen LogP contribution in [0, 0.1) is 18.8 Å². The van der Waals surface area contributed by atoms with Gasteiger partial charge in [-0.25, -0.2) is 5.26 Å². The molecule has 1 heterocycles. The van der Waals surface area contributed by atoms with Crippen molar-refractivity contribution in [2.24, 2.45) is 5.73 Å². The molecule has 3 nitrogen and oxygen atoms in total. The number of nitriles is 1. The molecule has 3 N–H and O–H groups in total. The second-order valence-electron chi connectivity index (χ2n) is 5.00. The summed E-state index contributed by atoms with van der Waals surface area (Å²) in [7, 11) is 0. The molecule has 0 aliphatic carbocycles. The summed E-state index contributed by atoms with van der Waals surface area (Å²) in [5.74, 6) is 0. The minimum absolute atomic E-state index is 0.0408. The Hall–Kier alpha value is -2.57. The number of nitrogens with zero attached hydrogens (tertiary/aromatic N) is 1. The van der Waals surface area contributed by atoms with Crippen molar-refractivity contribution in [3.8, 4) is 6.57 Å². The lowest BCUT2D eigenvalue weighted by atomic mass is 9.98. The highest BCUT2D eigenvalue weighted by Gasteiger charge is 2.13. The fraction of sp³-hybridized carbons (Fsp3) is 0.167. The van der Waals surface area contributed by atoms with E-state index in [2.05, 4.69) is 54.9 Å². The summed E-state index contributed by atoms with van der Waals surface area (Å²) in [5, 5.41) is 7.78. The van der Waals surface area contributed by atoms with Gasteiger partial charge < -0.3 is 10.7 Å². The molecule has 0 bridgehead atoms. The largest absolute Gasteiger partial charge is 0.358 e. The number of aromatic amines is 1. The van der Waals surface area contributed by atoms with Gasteiger partial charge in [0.15, 0.2) is 0 Å². The van der Waals surface area contributed by atoms with Crippen molar-refractivity contribution in [2.75, 3.05) is 0 Å². The van der Waals surface area contributed by atoms with Crippen LogP contribution in [0.15, 0.2) is 54.6 Å². The van der Waals surface area contributed by atoms with E-state index in [4.69, 9.17) is 11.0 Å². The van der Waals surface area contributed by atoms with Crippen molar-refractivity contribution in [1.29, 1.82) is 5.26 Å². The van der Waals surface area contributed by atoms with Crippen LogP contribution in [0.1, 0.15) is 22.9 Å². The quantitative estimate of drug-likeness (QED) is 0.763. The number of hydrogen-bond donors (Lipinski definition) is 2. The summed E-state index contributed by atoms with van der Waals surface area (Å²) in [5.41, 5.74) is 11.3. The van der Waals surface area contributed by atoms with E-state index in [0.717, 1.165) is 6.42 Å². The van der Waals surface area contributed by atoms with Crippen molar-refractivity contribution in [3.05, 3.63) is 71.4 Å². The molecule has 0 radical (unpaired) electrons. The molecular formula is C18H19N3. The van der Waals surface area contributed by atoms with Crippen LogP contribution >= 0.6 is 0 Å². The van der Waals surface area contributed by atoms with Gasteiger partial charge in [-0.3, -0.25) is 0 Å². The van der Waals surface area contributed by atoms with Gasteiger partial charge >= 0.3 is 0 Å². The predicted molar refractivity (Wildman–Crippen MR) is 86.8 cm³/mol. The van der Waals surface area contributed by atoms with Gasteiger partial charge in [0.2, 0.25) is 0 Å². The standard InChI is InChI=1S/C17H18N2.CHN/c1-12-15(14-9-5-6-10-17(14)19-12)11-16(18)13-7-3-2-4-8-13;1-2/h2-10,16,19H,11,18H2,1H3;1H. The second kappa shape index (κ2) is 6.74. The Morgan fingerprint density at radius 2 is 1.67 bits per heavy atom. The molecule has 0 saturated carbocycles. The highest BCUT2D eigenvalue weighted by atomic mass is 14.7. The van der Waals surface area contributed by atoms with Gasteiger partial charge in [-0.15, -0.1) is 0 Å². The van der Waals surface area contributed by atoms with E-state index < -0.39 is 0 Å². The van der Waals surface area contributed by atoms with E-state index in [1.54, 1.807) is 0 Å². The molecule has 21 heavy (non-hydrogen) atoms. The average molecular weight is 277 g/mol. The smallest absolute Gasteiger partial charge is 0.0462 e. The second-order valence-corrected chi connectivity index (χ2v) is 5.00. The Kier molecular flexibility index (Phi) is 4.76. The van der Waals surface area contributed by atoms with E-state index in [0.29, 0.717) is 0 Å². The van der Waals surface area contributed by atoms with Gasteiger partial charge in [-0.05, 0) is 30.5 Å². The van der Waals surface area contributed by atoms with E-state index in [1.807, 2.05) is 18.2 Å². The Balaban J connectivity index is 0.000000774. The molecule has 0 saturated heterocycles. The highest BCUT2D eigenvalue weighted by molar-refractivity contribution is 5.84. The minimum Gasteiger partial charge on any atom is -0.358 e. The molecule has 3 aromatic rings. The molecule has 0 fully saturated rings. The van der Waals surface area contributed by atoms with Gasteiger partial charge in [0.05, 0.1) is 0 Å². The third-order valence-corrected chi connectivity index (χ3v) is 3.68. The molecule has 3 rings (SSSR count). The first-order chi connectivity index (χ1) is 10.3. The maximum Gasteiger partial charge on any atom is 0.0462 e. The summed E-state index contributed by atoms with van der Waals surface area (Å²) in [6.45, 7) is 5.62. The van der Waals surface area contributed by atoms with Crippen molar-refractivity contribution in [3.63, 3.8) is 0 Å². The summed E-state index contributed by atoms with van der Waals surface area (Å²) >= 11 is 0. The SMILES string of the molecule is C#N.Cc1[nH]c2ccccc2c1CC(N)c1ccccc1. The number of fused-ring (bicyclic) bond motifs is 1. The summed E-state index contributed by atoms with van der Waals surface area (Å²) in [4.78, 5) is 3.43. The van der Waals surface area contributed by atoms with Crippen LogP contribution in [0.5, 0.6) is 0 Å². The lowest BCUT2D eigenvalue weighted by molar-refractivity contribution is 0.722. The zero-order valence-electron chi connectivity index (χ0n) is 12.1. The molecule has 106 valence electrons. The third-order valence-electron chi connectivity index (χ3n) is 3.68. The first kappa shape index (κ1) is 14.8. The number of hydrogen-bond acceptors (Lipinski definition) is 2. The number of benzene rings is 2. The number of H-pyrrole nitrogens is 1. The monoisotopic (exact) mass is 277 g/mol. The molecule has 1 aromatic heterocycles. The van der Waals surface area contributed by atoms with Crippen LogP contribution in [0.4, 0.5) is 0 Å². The third kappa shape index (κ3) is 3.13. The van der Waals surface area contributed by atoms with Crippen LogP contribution in [0.3, 0.4) is 0 Å². The number of nitrogens with one attached hydrogen (secondary N) is 1. The van der Waals surface area contributed by atoms with Crippen LogP contribution in [0.25, 0.3) is 10.9 Å². The first-order valence-corrected chi connectivity index (χ1v) is 6.88. The Morgan fingerprint density at radius 1 is 1.05 bits per heavy atom. The Bertz CT molecular complexity index is 726. The Labute approximate surface area is 125 Å². The predicted octanol–water partition coefficient (Wildman–Crippen LogP) is 3.86. The molecule has 3 heteroatoms. The fourth-order valence-corrected chi connectivity index (χ4v) is 2.64. The van der Waals surface area contributed by atoms with Crippen LogP contribution in [0.2, 0.25) is 0 Å². The number of aryl methyl sites for hydroxylation is 1. The number of para-hydroxylation sites is 1. The highest BCUT2D eigenvalue weighted by Crippen LogP contribution is 2.26. The summed E-state index contributed by atoms with van der Waals surface area (Å²) in [6, 6.07) is 18.7. The van der Waals surface area contributed by atoms with Crippen LogP contribution in [-0.2, 0) is 6.42 Å². The zero-order valence-corrected chi connectivity index (χ0v) is 12.1. The van der Waals surface area contributed by atoms with Gasteiger partial charge in [-0.2, -0.15) is 0 Å². The summed E-state index contributed by atoms with van der Waals surface area (Å²) < 4.78 is 0. The normalized spacial score (nSPS) is 11.6. The molecule has 1 atom stereocenters. The van der Waals surface area contributed by atoms with Crippen LogP contribution in [-0.4, -0.2) is 4.98 Å². The molecule has 0 aliphatic rings. The molecule has 0 amide bonds.